The number of imidazole rings is 1. The predicted octanol–water partition coefficient (Wildman–Crippen LogP) is 3.83. The first-order valence-corrected chi connectivity index (χ1v) is 7.48. The summed E-state index contributed by atoms with van der Waals surface area (Å²) in [5, 5.41) is 2.92. The summed E-state index contributed by atoms with van der Waals surface area (Å²) in [5.41, 5.74) is 0.516. The maximum absolute atomic E-state index is 11.9. The van der Waals surface area contributed by atoms with E-state index in [0.29, 0.717) is 0 Å². The van der Waals surface area contributed by atoms with Gasteiger partial charge in [0, 0.05) is 6.54 Å². The third kappa shape index (κ3) is 6.02. The predicted molar refractivity (Wildman–Crippen MR) is 84.1 cm³/mol. The lowest BCUT2D eigenvalue weighted by Gasteiger charge is -2.23. The third-order valence-electron chi connectivity index (χ3n) is 2.97. The largest absolute Gasteiger partial charge is 0.444 e. The Morgan fingerprint density at radius 2 is 2.24 bits per heavy atom. The van der Waals surface area contributed by atoms with Gasteiger partial charge in [0.2, 0.25) is 0 Å². The molecule has 0 saturated heterocycles. The average molecular weight is 293 g/mol. The van der Waals surface area contributed by atoms with Gasteiger partial charge < -0.3 is 14.6 Å². The molecule has 1 amide bonds. The fourth-order valence-electron chi connectivity index (χ4n) is 2.02. The maximum Gasteiger partial charge on any atom is 0.408 e. The molecule has 21 heavy (non-hydrogen) atoms. The van der Waals surface area contributed by atoms with Crippen molar-refractivity contribution in [2.45, 2.75) is 65.6 Å². The quantitative estimate of drug-likeness (QED) is 0.811. The number of allylic oxidation sites excluding steroid dienone is 2. The minimum absolute atomic E-state index is 0.0899. The Kier molecular flexibility index (Phi) is 6.46. The van der Waals surface area contributed by atoms with Crippen LogP contribution in [0, 0.1) is 0 Å². The summed E-state index contributed by atoms with van der Waals surface area (Å²) in [6, 6.07) is -0.0899. The summed E-state index contributed by atoms with van der Waals surface area (Å²) in [4.78, 5) is 16.1. The first kappa shape index (κ1) is 17.3. The van der Waals surface area contributed by atoms with Crippen LogP contribution in [0.2, 0.25) is 0 Å². The number of nitrogens with zero attached hydrogens (tertiary/aromatic N) is 2. The molecule has 0 saturated carbocycles. The van der Waals surface area contributed by atoms with E-state index in [2.05, 4.69) is 20.9 Å². The van der Waals surface area contributed by atoms with E-state index in [9.17, 15) is 4.79 Å². The van der Waals surface area contributed by atoms with Crippen LogP contribution in [0.3, 0.4) is 0 Å². The Hall–Kier alpha value is -1.78. The van der Waals surface area contributed by atoms with Crippen LogP contribution < -0.4 is 5.32 Å². The molecule has 0 unspecified atom stereocenters. The molecule has 1 rings (SSSR count). The molecule has 0 aliphatic rings. The number of carbonyl (C=O) groups excluding carboxylic acids is 1. The number of rotatable bonds is 6. The van der Waals surface area contributed by atoms with Gasteiger partial charge in [-0.05, 0) is 40.5 Å². The van der Waals surface area contributed by atoms with E-state index >= 15 is 0 Å². The van der Waals surface area contributed by atoms with E-state index in [1.807, 2.05) is 40.7 Å². The zero-order valence-electron chi connectivity index (χ0n) is 13.7. The zero-order chi connectivity index (χ0) is 15.9. The molecule has 0 aliphatic carbocycles. The van der Waals surface area contributed by atoms with E-state index in [1.165, 1.54) is 0 Å². The van der Waals surface area contributed by atoms with Gasteiger partial charge >= 0.3 is 6.09 Å². The number of ether oxygens (including phenoxy) is 1. The van der Waals surface area contributed by atoms with Crippen molar-refractivity contribution < 1.29 is 9.53 Å². The molecule has 0 radical (unpaired) electrons. The van der Waals surface area contributed by atoms with E-state index in [1.54, 1.807) is 12.5 Å². The van der Waals surface area contributed by atoms with E-state index < -0.39 is 11.7 Å². The monoisotopic (exact) mass is 293 g/mol. The number of hydrogen-bond donors (Lipinski definition) is 1. The van der Waals surface area contributed by atoms with Crippen molar-refractivity contribution >= 4 is 6.09 Å². The van der Waals surface area contributed by atoms with Crippen LogP contribution in [-0.4, -0.2) is 21.2 Å². The topological polar surface area (TPSA) is 56.2 Å². The van der Waals surface area contributed by atoms with Gasteiger partial charge in [0.15, 0.2) is 0 Å². The fourth-order valence-corrected chi connectivity index (χ4v) is 2.02. The van der Waals surface area contributed by atoms with Crippen LogP contribution in [0.4, 0.5) is 4.79 Å². The number of amides is 1. The van der Waals surface area contributed by atoms with Crippen LogP contribution in [0.1, 0.15) is 59.2 Å². The number of alkyl carbamates (subject to hydrolysis) is 1. The minimum atomic E-state index is -0.492. The SMILES string of the molecule is C/C=C/CCn1cncc1[C@@H](CC)NC(=O)OC(C)(C)C. The van der Waals surface area contributed by atoms with Gasteiger partial charge in [-0.25, -0.2) is 9.78 Å². The number of hydrogen-bond acceptors (Lipinski definition) is 3. The fraction of sp³-hybridized carbons (Fsp3) is 0.625. The lowest BCUT2D eigenvalue weighted by atomic mass is 10.1. The third-order valence-corrected chi connectivity index (χ3v) is 2.97. The van der Waals surface area contributed by atoms with Gasteiger partial charge in [0.05, 0.1) is 24.3 Å². The minimum Gasteiger partial charge on any atom is -0.444 e. The molecule has 118 valence electrons. The number of nitrogens with one attached hydrogen (secondary N) is 1. The van der Waals surface area contributed by atoms with Crippen LogP contribution in [0.25, 0.3) is 0 Å². The van der Waals surface area contributed by atoms with Crippen LogP contribution in [-0.2, 0) is 11.3 Å². The molecule has 0 spiro atoms. The van der Waals surface area contributed by atoms with Crippen LogP contribution in [0.15, 0.2) is 24.7 Å². The Morgan fingerprint density at radius 1 is 1.52 bits per heavy atom. The van der Waals surface area contributed by atoms with E-state index in [0.717, 1.165) is 25.1 Å². The standard InChI is InChI=1S/C16H27N3O2/c1-6-8-9-10-19-12-17-11-14(19)13(7-2)18-15(20)21-16(3,4)5/h6,8,11-13H,7,9-10H2,1-5H3,(H,18,20)/b8-6+/t13-/m1/s1. The van der Waals surface area contributed by atoms with Gasteiger partial charge in [-0.15, -0.1) is 0 Å². The Bertz CT molecular complexity index is 472. The van der Waals surface area contributed by atoms with Gasteiger partial charge in [0.1, 0.15) is 5.60 Å². The normalized spacial score (nSPS) is 13.4. The van der Waals surface area contributed by atoms with Crippen molar-refractivity contribution in [3.05, 3.63) is 30.4 Å². The van der Waals surface area contributed by atoms with E-state index in [-0.39, 0.29) is 6.04 Å². The molecule has 0 aromatic carbocycles. The highest BCUT2D eigenvalue weighted by molar-refractivity contribution is 5.68. The smallest absolute Gasteiger partial charge is 0.408 e. The molecule has 1 aromatic rings. The summed E-state index contributed by atoms with van der Waals surface area (Å²) in [5.74, 6) is 0. The zero-order valence-corrected chi connectivity index (χ0v) is 13.7. The van der Waals surface area contributed by atoms with Gasteiger partial charge in [-0.1, -0.05) is 19.1 Å². The second kappa shape index (κ2) is 7.86. The van der Waals surface area contributed by atoms with Gasteiger partial charge in [-0.3, -0.25) is 0 Å². The Morgan fingerprint density at radius 3 is 2.81 bits per heavy atom. The summed E-state index contributed by atoms with van der Waals surface area (Å²) < 4.78 is 7.39. The highest BCUT2D eigenvalue weighted by Crippen LogP contribution is 2.18. The Labute approximate surface area is 127 Å². The number of aromatic nitrogens is 2. The first-order chi connectivity index (χ1) is 9.87. The molecule has 5 nitrogen and oxygen atoms in total. The van der Waals surface area contributed by atoms with Gasteiger partial charge in [0.25, 0.3) is 0 Å². The summed E-state index contributed by atoms with van der Waals surface area (Å²) in [6.07, 6.45) is 9.10. The highest BCUT2D eigenvalue weighted by Gasteiger charge is 2.21. The highest BCUT2D eigenvalue weighted by atomic mass is 16.6. The number of aryl methyl sites for hydroxylation is 1. The molecule has 1 aromatic heterocycles. The van der Waals surface area contributed by atoms with Crippen molar-refractivity contribution in [2.24, 2.45) is 0 Å². The van der Waals surface area contributed by atoms with Crippen molar-refractivity contribution in [3.63, 3.8) is 0 Å². The van der Waals surface area contributed by atoms with Crippen molar-refractivity contribution in [1.29, 1.82) is 0 Å². The molecule has 0 aliphatic heterocycles. The molecular formula is C16H27N3O2. The molecule has 0 fully saturated rings. The maximum atomic E-state index is 11.9. The summed E-state index contributed by atoms with van der Waals surface area (Å²) >= 11 is 0. The average Bonchev–Trinajstić information content (AvgIpc) is 2.82. The second-order valence-corrected chi connectivity index (χ2v) is 5.98. The molecular weight excluding hydrogens is 266 g/mol. The molecule has 0 bridgehead atoms. The van der Waals surface area contributed by atoms with Crippen molar-refractivity contribution in [3.8, 4) is 0 Å². The Balaban J connectivity index is 2.72. The lowest BCUT2D eigenvalue weighted by molar-refractivity contribution is 0.0500. The van der Waals surface area contributed by atoms with E-state index in [4.69, 9.17) is 4.74 Å². The number of carbonyl (C=O) groups is 1. The first-order valence-electron chi connectivity index (χ1n) is 7.48. The summed E-state index contributed by atoms with van der Waals surface area (Å²) in [7, 11) is 0. The van der Waals surface area contributed by atoms with Crippen LogP contribution >= 0.6 is 0 Å². The van der Waals surface area contributed by atoms with Crippen molar-refractivity contribution in [2.75, 3.05) is 0 Å². The van der Waals surface area contributed by atoms with Crippen molar-refractivity contribution in [1.82, 2.24) is 14.9 Å². The molecule has 1 atom stereocenters. The molecule has 5 heteroatoms. The molecule has 1 heterocycles. The lowest BCUT2D eigenvalue weighted by Crippen LogP contribution is -2.35. The van der Waals surface area contributed by atoms with Crippen LogP contribution in [0.5, 0.6) is 0 Å². The molecule has 1 N–H and O–H groups in total. The van der Waals surface area contributed by atoms with Gasteiger partial charge in [-0.2, -0.15) is 0 Å². The second-order valence-electron chi connectivity index (χ2n) is 5.98. The summed E-state index contributed by atoms with van der Waals surface area (Å²) in [6.45, 7) is 10.5.